The number of aromatic nitrogens is 3. The SMILES string of the molecule is CCOc1cccc(CNC(=O)c2cc(-c3ccco3)nc3c2c(C)nn3C)c1. The van der Waals surface area contributed by atoms with Crippen LogP contribution in [0, 0.1) is 6.92 Å². The largest absolute Gasteiger partial charge is 0.494 e. The molecule has 1 aromatic carbocycles. The molecule has 0 atom stereocenters. The van der Waals surface area contributed by atoms with E-state index in [0.29, 0.717) is 35.8 Å². The lowest BCUT2D eigenvalue weighted by Gasteiger charge is -2.10. The highest BCUT2D eigenvalue weighted by Crippen LogP contribution is 2.27. The molecule has 1 N–H and O–H groups in total. The van der Waals surface area contributed by atoms with Crippen LogP contribution in [-0.4, -0.2) is 27.3 Å². The van der Waals surface area contributed by atoms with Crippen LogP contribution in [0.4, 0.5) is 0 Å². The second-order valence-corrected chi connectivity index (χ2v) is 6.70. The number of furan rings is 1. The second kappa shape index (κ2) is 7.79. The van der Waals surface area contributed by atoms with Crippen molar-refractivity contribution in [2.24, 2.45) is 7.05 Å². The molecular formula is C22H22N4O3. The van der Waals surface area contributed by atoms with Gasteiger partial charge in [-0.2, -0.15) is 5.10 Å². The van der Waals surface area contributed by atoms with Crippen LogP contribution in [0.3, 0.4) is 0 Å². The van der Waals surface area contributed by atoms with Gasteiger partial charge in [-0.05, 0) is 49.7 Å². The molecule has 0 saturated carbocycles. The predicted octanol–water partition coefficient (Wildman–Crippen LogP) is 3.87. The van der Waals surface area contributed by atoms with Crippen LogP contribution in [0.2, 0.25) is 0 Å². The van der Waals surface area contributed by atoms with Crippen molar-refractivity contribution in [3.05, 3.63) is 65.5 Å². The first-order chi connectivity index (χ1) is 14.1. The van der Waals surface area contributed by atoms with E-state index in [1.165, 1.54) is 0 Å². The van der Waals surface area contributed by atoms with Gasteiger partial charge >= 0.3 is 0 Å². The van der Waals surface area contributed by atoms with Gasteiger partial charge in [0.1, 0.15) is 11.4 Å². The Morgan fingerprint density at radius 3 is 2.86 bits per heavy atom. The molecule has 0 unspecified atom stereocenters. The number of hydrogen-bond acceptors (Lipinski definition) is 5. The molecule has 0 radical (unpaired) electrons. The number of hydrogen-bond donors (Lipinski definition) is 1. The number of fused-ring (bicyclic) bond motifs is 1. The first kappa shape index (κ1) is 18.7. The highest BCUT2D eigenvalue weighted by atomic mass is 16.5. The van der Waals surface area contributed by atoms with Crippen LogP contribution in [0.5, 0.6) is 5.75 Å². The molecule has 4 aromatic rings. The fraction of sp³-hybridized carbons (Fsp3) is 0.227. The molecule has 0 spiro atoms. The van der Waals surface area contributed by atoms with Gasteiger partial charge in [0.05, 0.1) is 29.5 Å². The monoisotopic (exact) mass is 390 g/mol. The molecule has 3 heterocycles. The molecule has 1 amide bonds. The molecule has 7 nitrogen and oxygen atoms in total. The van der Waals surface area contributed by atoms with Crippen molar-refractivity contribution in [1.82, 2.24) is 20.1 Å². The number of nitrogens with zero attached hydrogens (tertiary/aromatic N) is 3. The molecule has 29 heavy (non-hydrogen) atoms. The average Bonchev–Trinajstić information content (AvgIpc) is 3.35. The molecule has 4 rings (SSSR count). The summed E-state index contributed by atoms with van der Waals surface area (Å²) in [5, 5.41) is 8.17. The van der Waals surface area contributed by atoms with Gasteiger partial charge in [-0.1, -0.05) is 12.1 Å². The van der Waals surface area contributed by atoms with E-state index in [9.17, 15) is 4.79 Å². The molecule has 0 bridgehead atoms. The van der Waals surface area contributed by atoms with E-state index in [4.69, 9.17) is 9.15 Å². The van der Waals surface area contributed by atoms with E-state index in [0.717, 1.165) is 22.4 Å². The Balaban J connectivity index is 1.67. The molecule has 148 valence electrons. The van der Waals surface area contributed by atoms with Crippen molar-refractivity contribution in [3.63, 3.8) is 0 Å². The third-order valence-corrected chi connectivity index (χ3v) is 4.65. The van der Waals surface area contributed by atoms with E-state index < -0.39 is 0 Å². The van der Waals surface area contributed by atoms with Crippen LogP contribution in [0.1, 0.15) is 28.5 Å². The van der Waals surface area contributed by atoms with Crippen molar-refractivity contribution < 1.29 is 13.9 Å². The molecule has 0 aliphatic rings. The van der Waals surface area contributed by atoms with Crippen LogP contribution < -0.4 is 10.1 Å². The van der Waals surface area contributed by atoms with E-state index in [1.807, 2.05) is 51.2 Å². The molecule has 0 aliphatic carbocycles. The van der Waals surface area contributed by atoms with Gasteiger partial charge in [0, 0.05) is 13.6 Å². The fourth-order valence-corrected chi connectivity index (χ4v) is 3.36. The Hall–Kier alpha value is -3.61. The third-order valence-electron chi connectivity index (χ3n) is 4.65. The zero-order chi connectivity index (χ0) is 20.4. The van der Waals surface area contributed by atoms with E-state index in [-0.39, 0.29) is 5.91 Å². The first-order valence-electron chi connectivity index (χ1n) is 9.45. The molecule has 0 saturated heterocycles. The fourth-order valence-electron chi connectivity index (χ4n) is 3.36. The van der Waals surface area contributed by atoms with Gasteiger partial charge in [0.2, 0.25) is 0 Å². The topological polar surface area (TPSA) is 82.2 Å². The van der Waals surface area contributed by atoms with Crippen molar-refractivity contribution in [1.29, 1.82) is 0 Å². The maximum absolute atomic E-state index is 13.1. The van der Waals surface area contributed by atoms with Crippen molar-refractivity contribution in [3.8, 4) is 17.2 Å². The molecule has 0 aliphatic heterocycles. The number of nitrogens with one attached hydrogen (secondary N) is 1. The summed E-state index contributed by atoms with van der Waals surface area (Å²) in [5.41, 5.74) is 3.47. The van der Waals surface area contributed by atoms with Crippen LogP contribution in [-0.2, 0) is 13.6 Å². The number of ether oxygens (including phenoxy) is 1. The highest BCUT2D eigenvalue weighted by Gasteiger charge is 2.20. The summed E-state index contributed by atoms with van der Waals surface area (Å²) < 4.78 is 12.7. The van der Waals surface area contributed by atoms with E-state index >= 15 is 0 Å². The summed E-state index contributed by atoms with van der Waals surface area (Å²) in [6, 6.07) is 13.1. The minimum atomic E-state index is -0.192. The first-order valence-corrected chi connectivity index (χ1v) is 9.45. The Bertz CT molecular complexity index is 1160. The van der Waals surface area contributed by atoms with Crippen LogP contribution >= 0.6 is 0 Å². The number of amides is 1. The van der Waals surface area contributed by atoms with Gasteiger partial charge in [0.15, 0.2) is 11.4 Å². The van der Waals surface area contributed by atoms with E-state index in [2.05, 4.69) is 15.4 Å². The second-order valence-electron chi connectivity index (χ2n) is 6.70. The van der Waals surface area contributed by atoms with Crippen LogP contribution in [0.25, 0.3) is 22.5 Å². The Labute approximate surface area is 168 Å². The molecule has 7 heteroatoms. The highest BCUT2D eigenvalue weighted by molar-refractivity contribution is 6.07. The number of pyridine rings is 1. The zero-order valence-electron chi connectivity index (χ0n) is 16.6. The van der Waals surface area contributed by atoms with Gasteiger partial charge in [-0.15, -0.1) is 0 Å². The Kier molecular flexibility index (Phi) is 5.03. The lowest BCUT2D eigenvalue weighted by Crippen LogP contribution is -2.23. The van der Waals surface area contributed by atoms with Crippen molar-refractivity contribution >= 4 is 16.9 Å². The Morgan fingerprint density at radius 2 is 2.10 bits per heavy atom. The van der Waals surface area contributed by atoms with Crippen LogP contribution in [0.15, 0.2) is 53.1 Å². The van der Waals surface area contributed by atoms with Gasteiger partial charge in [0.25, 0.3) is 5.91 Å². The summed E-state index contributed by atoms with van der Waals surface area (Å²) >= 11 is 0. The summed E-state index contributed by atoms with van der Waals surface area (Å²) in [6.45, 7) is 4.80. The summed E-state index contributed by atoms with van der Waals surface area (Å²) in [6.07, 6.45) is 1.58. The molecule has 0 fully saturated rings. The van der Waals surface area contributed by atoms with Gasteiger partial charge in [-0.25, -0.2) is 4.98 Å². The number of benzene rings is 1. The van der Waals surface area contributed by atoms with E-state index in [1.54, 1.807) is 23.1 Å². The minimum absolute atomic E-state index is 0.192. The zero-order valence-corrected chi connectivity index (χ0v) is 16.6. The Morgan fingerprint density at radius 1 is 1.24 bits per heavy atom. The smallest absolute Gasteiger partial charge is 0.252 e. The maximum Gasteiger partial charge on any atom is 0.252 e. The quantitative estimate of drug-likeness (QED) is 0.540. The molecule has 3 aromatic heterocycles. The lowest BCUT2D eigenvalue weighted by atomic mass is 10.1. The minimum Gasteiger partial charge on any atom is -0.494 e. The normalized spacial score (nSPS) is 11.0. The van der Waals surface area contributed by atoms with Crippen molar-refractivity contribution in [2.45, 2.75) is 20.4 Å². The number of carbonyl (C=O) groups is 1. The number of rotatable bonds is 6. The lowest BCUT2D eigenvalue weighted by molar-refractivity contribution is 0.0952. The van der Waals surface area contributed by atoms with Crippen molar-refractivity contribution in [2.75, 3.05) is 6.61 Å². The third kappa shape index (κ3) is 3.71. The standard InChI is InChI=1S/C22H22N4O3/c1-4-28-16-8-5-7-15(11-16)13-23-22(27)17-12-18(19-9-6-10-29-19)24-21-20(17)14(2)25-26(21)3/h5-12H,4,13H2,1-3H3,(H,23,27). The predicted molar refractivity (Wildman–Crippen MR) is 110 cm³/mol. The van der Waals surface area contributed by atoms with Gasteiger partial charge in [-0.3, -0.25) is 9.48 Å². The maximum atomic E-state index is 13.1. The molecular weight excluding hydrogens is 368 g/mol. The number of aryl methyl sites for hydroxylation is 2. The average molecular weight is 390 g/mol. The van der Waals surface area contributed by atoms with Gasteiger partial charge < -0.3 is 14.5 Å². The summed E-state index contributed by atoms with van der Waals surface area (Å²) in [7, 11) is 1.81. The summed E-state index contributed by atoms with van der Waals surface area (Å²) in [4.78, 5) is 17.7. The number of carbonyl (C=O) groups excluding carboxylic acids is 1. The summed E-state index contributed by atoms with van der Waals surface area (Å²) in [5.74, 6) is 1.20.